The second kappa shape index (κ2) is 9.18. The summed E-state index contributed by atoms with van der Waals surface area (Å²) in [5.74, 6) is -1.05. The van der Waals surface area contributed by atoms with Gasteiger partial charge in [-0.15, -0.1) is 0 Å². The molecule has 0 saturated heterocycles. The zero-order valence-corrected chi connectivity index (χ0v) is 16.7. The second-order valence-electron chi connectivity index (χ2n) is 5.31. The van der Waals surface area contributed by atoms with Crippen LogP contribution in [0.25, 0.3) is 0 Å². The normalized spacial score (nSPS) is 10.6. The lowest BCUT2D eigenvalue weighted by Crippen LogP contribution is -2.35. The van der Waals surface area contributed by atoms with E-state index in [-0.39, 0.29) is 34.5 Å². The molecule has 1 aromatic carbocycles. The van der Waals surface area contributed by atoms with E-state index in [4.69, 9.17) is 21.6 Å². The molecule has 0 bridgehead atoms. The van der Waals surface area contributed by atoms with Gasteiger partial charge in [0.05, 0.1) is 37.2 Å². The zero-order valence-electron chi connectivity index (χ0n) is 15.1. The lowest BCUT2D eigenvalue weighted by molar-refractivity contribution is 0.0600. The number of esters is 1. The molecule has 0 aliphatic heterocycles. The number of hydrogen-bond acceptors (Lipinski definition) is 9. The lowest BCUT2D eigenvalue weighted by atomic mass is 10.1. The number of nitrogens with one attached hydrogen (secondary N) is 2. The van der Waals surface area contributed by atoms with Crippen molar-refractivity contribution in [2.24, 2.45) is 0 Å². The third-order valence-corrected chi connectivity index (χ3v) is 4.82. The molecule has 0 radical (unpaired) electrons. The fourth-order valence-electron chi connectivity index (χ4n) is 2.11. The van der Waals surface area contributed by atoms with Crippen LogP contribution < -0.4 is 14.8 Å². The van der Waals surface area contributed by atoms with E-state index in [0.29, 0.717) is 0 Å². The number of carbonyl (C=O) groups is 2. The molecule has 1 heterocycles. The van der Waals surface area contributed by atoms with Crippen molar-refractivity contribution in [3.63, 3.8) is 0 Å². The van der Waals surface area contributed by atoms with Gasteiger partial charge >= 0.3 is 12.0 Å². The summed E-state index contributed by atoms with van der Waals surface area (Å²) in [6.45, 7) is 0. The first-order chi connectivity index (χ1) is 13.7. The Morgan fingerprint density at radius 3 is 2.55 bits per heavy atom. The minimum Gasteiger partial charge on any atom is -0.481 e. The predicted octanol–water partition coefficient (Wildman–Crippen LogP) is 1.50. The summed E-state index contributed by atoms with van der Waals surface area (Å²) < 4.78 is 36.3. The number of benzene rings is 1. The Bertz CT molecular complexity index is 1100. The van der Waals surface area contributed by atoms with Crippen LogP contribution in [0.1, 0.15) is 15.9 Å². The first-order valence-corrected chi connectivity index (χ1v) is 9.56. The van der Waals surface area contributed by atoms with E-state index in [1.165, 1.54) is 19.2 Å². The molecule has 2 rings (SSSR count). The smallest absolute Gasteiger partial charge is 0.337 e. The maximum atomic E-state index is 12.5. The number of anilines is 1. The van der Waals surface area contributed by atoms with Crippen LogP contribution in [0.3, 0.4) is 0 Å². The van der Waals surface area contributed by atoms with Crippen molar-refractivity contribution in [3.8, 4) is 11.9 Å². The average Bonchev–Trinajstić information content (AvgIpc) is 2.66. The van der Waals surface area contributed by atoms with Crippen LogP contribution in [0, 0.1) is 11.3 Å². The number of rotatable bonds is 6. The van der Waals surface area contributed by atoms with Gasteiger partial charge in [0.25, 0.3) is 10.0 Å². The number of amides is 2. The Hall–Kier alpha value is -3.43. The number of carbonyl (C=O) groups excluding carboxylic acids is 2. The van der Waals surface area contributed by atoms with Crippen molar-refractivity contribution in [2.45, 2.75) is 11.3 Å². The molecule has 0 fully saturated rings. The molecule has 0 saturated carbocycles. The number of nitriles is 1. The minimum absolute atomic E-state index is 0.0399. The summed E-state index contributed by atoms with van der Waals surface area (Å²) in [6.07, 6.45) is -0.157. The summed E-state index contributed by atoms with van der Waals surface area (Å²) in [4.78, 5) is 31.0. The van der Waals surface area contributed by atoms with E-state index < -0.39 is 26.9 Å². The van der Waals surface area contributed by atoms with Gasteiger partial charge in [-0.25, -0.2) is 27.7 Å². The predicted molar refractivity (Wildman–Crippen MR) is 100 cm³/mol. The van der Waals surface area contributed by atoms with Crippen LogP contribution in [0.15, 0.2) is 29.2 Å². The van der Waals surface area contributed by atoms with E-state index in [9.17, 15) is 18.0 Å². The molecule has 29 heavy (non-hydrogen) atoms. The fraction of sp³-hybridized carbons (Fsp3) is 0.188. The molecule has 2 aromatic rings. The highest BCUT2D eigenvalue weighted by Crippen LogP contribution is 2.18. The molecule has 11 nitrogen and oxygen atoms in total. The molecule has 0 spiro atoms. The van der Waals surface area contributed by atoms with Gasteiger partial charge in [0, 0.05) is 6.07 Å². The van der Waals surface area contributed by atoms with Crippen LogP contribution in [-0.2, 0) is 21.2 Å². The minimum atomic E-state index is -4.41. The third-order valence-electron chi connectivity index (χ3n) is 3.31. The molecule has 0 unspecified atom stereocenters. The molecule has 0 atom stereocenters. The van der Waals surface area contributed by atoms with Crippen molar-refractivity contribution in [1.82, 2.24) is 14.7 Å². The van der Waals surface area contributed by atoms with Crippen molar-refractivity contribution in [3.05, 3.63) is 40.5 Å². The largest absolute Gasteiger partial charge is 0.481 e. The van der Waals surface area contributed by atoms with Crippen LogP contribution in [0.5, 0.6) is 5.88 Å². The van der Waals surface area contributed by atoms with E-state index >= 15 is 0 Å². The maximum Gasteiger partial charge on any atom is 0.337 e. The SMILES string of the molecule is COC(=O)c1cc(CC#N)cc(S(=O)(=O)NC(=O)Nc2nc(Cl)cc(OC)n2)c1. The third kappa shape index (κ3) is 5.77. The van der Waals surface area contributed by atoms with Gasteiger partial charge in [0.2, 0.25) is 11.8 Å². The highest BCUT2D eigenvalue weighted by atomic mass is 35.5. The highest BCUT2D eigenvalue weighted by Gasteiger charge is 2.22. The number of methoxy groups -OCH3 is 2. The molecular formula is C16H14ClN5O6S. The van der Waals surface area contributed by atoms with Gasteiger partial charge in [-0.05, 0) is 23.8 Å². The maximum absolute atomic E-state index is 12.5. The molecule has 0 aliphatic carbocycles. The summed E-state index contributed by atoms with van der Waals surface area (Å²) in [6, 6.07) is 5.45. The monoisotopic (exact) mass is 439 g/mol. The zero-order chi connectivity index (χ0) is 21.6. The van der Waals surface area contributed by atoms with Gasteiger partial charge in [-0.3, -0.25) is 5.32 Å². The second-order valence-corrected chi connectivity index (χ2v) is 7.38. The first-order valence-electron chi connectivity index (χ1n) is 7.70. The van der Waals surface area contributed by atoms with Gasteiger partial charge in [-0.1, -0.05) is 11.6 Å². The van der Waals surface area contributed by atoms with E-state index in [2.05, 4.69) is 20.0 Å². The Morgan fingerprint density at radius 1 is 1.21 bits per heavy atom. The Kier molecular flexibility index (Phi) is 6.92. The number of ether oxygens (including phenoxy) is 2. The Labute approximate surface area is 170 Å². The van der Waals surface area contributed by atoms with Gasteiger partial charge < -0.3 is 9.47 Å². The van der Waals surface area contributed by atoms with Crippen LogP contribution in [0.2, 0.25) is 5.15 Å². The standard InChI is InChI=1S/C16H14ClN5O6S/c1-27-13-8-12(17)19-15(20-13)21-16(24)22-29(25,26)11-6-9(3-4-18)5-10(7-11)14(23)28-2/h5-8H,3H2,1-2H3,(H2,19,20,21,22,24). The number of aromatic nitrogens is 2. The number of urea groups is 1. The van der Waals surface area contributed by atoms with Crippen LogP contribution >= 0.6 is 11.6 Å². The molecule has 152 valence electrons. The van der Waals surface area contributed by atoms with Crippen LogP contribution in [0.4, 0.5) is 10.7 Å². The number of hydrogen-bond donors (Lipinski definition) is 2. The van der Waals surface area contributed by atoms with Crippen molar-refractivity contribution >= 4 is 39.6 Å². The van der Waals surface area contributed by atoms with Crippen molar-refractivity contribution in [1.29, 1.82) is 5.26 Å². The lowest BCUT2D eigenvalue weighted by Gasteiger charge is -2.10. The molecule has 2 N–H and O–H groups in total. The van der Waals surface area contributed by atoms with E-state index in [1.807, 2.05) is 6.07 Å². The summed E-state index contributed by atoms with van der Waals surface area (Å²) in [5.41, 5.74) is 0.156. The molecule has 13 heteroatoms. The van der Waals surface area contributed by atoms with Crippen LogP contribution in [-0.4, -0.2) is 44.6 Å². The first kappa shape index (κ1) is 21.9. The van der Waals surface area contributed by atoms with Gasteiger partial charge in [0.1, 0.15) is 5.15 Å². The summed E-state index contributed by atoms with van der Waals surface area (Å²) >= 11 is 5.76. The Morgan fingerprint density at radius 2 is 1.93 bits per heavy atom. The van der Waals surface area contributed by atoms with Gasteiger partial charge in [-0.2, -0.15) is 10.2 Å². The van der Waals surface area contributed by atoms with E-state index in [0.717, 1.165) is 19.2 Å². The quantitative estimate of drug-likeness (QED) is 0.501. The number of halogens is 1. The molecule has 2 amide bonds. The van der Waals surface area contributed by atoms with Crippen molar-refractivity contribution < 1.29 is 27.5 Å². The molecule has 1 aromatic heterocycles. The number of nitrogens with zero attached hydrogens (tertiary/aromatic N) is 3. The highest BCUT2D eigenvalue weighted by molar-refractivity contribution is 7.90. The fourth-order valence-corrected chi connectivity index (χ4v) is 3.29. The average molecular weight is 440 g/mol. The molecular weight excluding hydrogens is 426 g/mol. The van der Waals surface area contributed by atoms with Gasteiger partial charge in [0.15, 0.2) is 0 Å². The topological polar surface area (TPSA) is 160 Å². The number of sulfonamides is 1. The summed E-state index contributed by atoms with van der Waals surface area (Å²) in [7, 11) is -1.97. The molecule has 0 aliphatic rings. The van der Waals surface area contributed by atoms with E-state index in [1.54, 1.807) is 4.72 Å². The Balaban J connectivity index is 2.29. The van der Waals surface area contributed by atoms with Crippen molar-refractivity contribution in [2.75, 3.05) is 19.5 Å². The summed E-state index contributed by atoms with van der Waals surface area (Å²) in [5, 5.41) is 10.9.